The van der Waals surface area contributed by atoms with E-state index in [1.165, 1.54) is 56.9 Å². The van der Waals surface area contributed by atoms with E-state index in [2.05, 4.69) is 40.7 Å². The molecule has 0 heterocycles. The summed E-state index contributed by atoms with van der Waals surface area (Å²) in [7, 11) is 0. The van der Waals surface area contributed by atoms with E-state index in [0.717, 1.165) is 54.8 Å². The SMILES string of the molecule is CC(C)CCC[C@@H](C)[C@H]1CCC2C3CC=C4CC(/C(=C/c5ccccc5O)C(=O)O)CC[C@]4(C)C3CC[C@@]21C. The standard InChI is InChI=1S/C36H52O3/c1-23(2)9-8-10-24(3)30-15-16-31-28-14-13-27-21-25(17-19-35(27,4)32(28)18-20-36(30,31)5)29(34(38)39)22-26-11-6-7-12-33(26)37/h6-7,11-13,22-25,28,30-32,37H,8-10,14-21H2,1-5H3,(H,38,39)/b29-22-/t24-,25?,28?,30-,31?,32?,35+,36-/m1/s1. The molecule has 0 saturated heterocycles. The van der Waals surface area contributed by atoms with Gasteiger partial charge >= 0.3 is 5.97 Å². The fourth-order valence-electron chi connectivity index (χ4n) is 10.1. The van der Waals surface area contributed by atoms with E-state index in [-0.39, 0.29) is 17.1 Å². The lowest BCUT2D eigenvalue weighted by Crippen LogP contribution is -2.50. The third kappa shape index (κ3) is 5.24. The fourth-order valence-corrected chi connectivity index (χ4v) is 10.1. The van der Waals surface area contributed by atoms with Gasteiger partial charge in [-0.3, -0.25) is 0 Å². The van der Waals surface area contributed by atoms with E-state index in [4.69, 9.17) is 0 Å². The van der Waals surface area contributed by atoms with E-state index in [9.17, 15) is 15.0 Å². The molecule has 1 aromatic rings. The highest BCUT2D eigenvalue weighted by atomic mass is 16.4. The number of hydrogen-bond acceptors (Lipinski definition) is 2. The first-order chi connectivity index (χ1) is 18.5. The van der Waals surface area contributed by atoms with Crippen LogP contribution in [-0.4, -0.2) is 16.2 Å². The largest absolute Gasteiger partial charge is 0.507 e. The van der Waals surface area contributed by atoms with Crippen molar-refractivity contribution in [2.45, 2.75) is 105 Å². The summed E-state index contributed by atoms with van der Waals surface area (Å²) in [6.07, 6.45) is 18.0. The predicted octanol–water partition coefficient (Wildman–Crippen LogP) is 9.52. The van der Waals surface area contributed by atoms with E-state index >= 15 is 0 Å². The van der Waals surface area contributed by atoms with Gasteiger partial charge in [0, 0.05) is 11.1 Å². The number of hydrogen-bond donors (Lipinski definition) is 2. The molecule has 0 bridgehead atoms. The molecule has 5 rings (SSSR count). The molecule has 3 nitrogen and oxygen atoms in total. The highest BCUT2D eigenvalue weighted by molar-refractivity contribution is 5.93. The Labute approximate surface area is 237 Å². The van der Waals surface area contributed by atoms with Gasteiger partial charge in [0.1, 0.15) is 5.75 Å². The van der Waals surface area contributed by atoms with Crippen molar-refractivity contribution in [1.82, 2.24) is 0 Å². The van der Waals surface area contributed by atoms with Gasteiger partial charge in [0.25, 0.3) is 0 Å². The zero-order chi connectivity index (χ0) is 27.9. The number of carboxylic acid groups (broad SMARTS) is 1. The van der Waals surface area contributed by atoms with Crippen molar-refractivity contribution in [3.8, 4) is 5.75 Å². The number of aliphatic carboxylic acids is 1. The van der Waals surface area contributed by atoms with Gasteiger partial charge in [0.2, 0.25) is 0 Å². The van der Waals surface area contributed by atoms with Crippen LogP contribution in [0.4, 0.5) is 0 Å². The maximum atomic E-state index is 12.4. The van der Waals surface area contributed by atoms with Gasteiger partial charge in [-0.25, -0.2) is 4.79 Å². The third-order valence-corrected chi connectivity index (χ3v) is 12.2. The summed E-state index contributed by atoms with van der Waals surface area (Å²) in [5.41, 5.74) is 3.27. The van der Waals surface area contributed by atoms with Crippen LogP contribution in [0.15, 0.2) is 41.5 Å². The average Bonchev–Trinajstić information content (AvgIpc) is 3.25. The molecule has 0 amide bonds. The van der Waals surface area contributed by atoms with Crippen LogP contribution in [0, 0.1) is 52.3 Å². The molecule has 3 fully saturated rings. The second-order valence-corrected chi connectivity index (χ2v) is 14.7. The first-order valence-electron chi connectivity index (χ1n) is 16.0. The Hall–Kier alpha value is -2.03. The quantitative estimate of drug-likeness (QED) is 0.259. The van der Waals surface area contributed by atoms with Gasteiger partial charge in [0.05, 0.1) is 0 Å². The molecule has 214 valence electrons. The molecule has 0 aliphatic heterocycles. The third-order valence-electron chi connectivity index (χ3n) is 12.2. The zero-order valence-electron chi connectivity index (χ0n) is 25.1. The Morgan fingerprint density at radius 2 is 1.79 bits per heavy atom. The van der Waals surface area contributed by atoms with Gasteiger partial charge in [-0.1, -0.05) is 83.7 Å². The molecule has 4 aliphatic carbocycles. The highest BCUT2D eigenvalue weighted by Gasteiger charge is 2.59. The minimum atomic E-state index is -0.853. The molecule has 2 N–H and O–H groups in total. The normalized spacial score (nSPS) is 37.0. The predicted molar refractivity (Wildman–Crippen MR) is 160 cm³/mol. The number of phenols is 1. The molecule has 0 spiro atoms. The van der Waals surface area contributed by atoms with Gasteiger partial charge in [-0.15, -0.1) is 0 Å². The number of fused-ring (bicyclic) bond motifs is 5. The number of carbonyl (C=O) groups is 1. The van der Waals surface area contributed by atoms with Crippen molar-refractivity contribution >= 4 is 12.0 Å². The Morgan fingerprint density at radius 3 is 2.51 bits per heavy atom. The molecule has 1 aromatic carbocycles. The summed E-state index contributed by atoms with van der Waals surface area (Å²) >= 11 is 0. The number of carboxylic acids is 1. The molecule has 3 heteroatoms. The molecule has 8 atom stereocenters. The minimum absolute atomic E-state index is 0.00869. The van der Waals surface area contributed by atoms with Crippen molar-refractivity contribution in [2.75, 3.05) is 0 Å². The smallest absolute Gasteiger partial charge is 0.331 e. The number of rotatable bonds is 8. The van der Waals surface area contributed by atoms with Crippen LogP contribution in [0.2, 0.25) is 0 Å². The van der Waals surface area contributed by atoms with E-state index in [0.29, 0.717) is 16.6 Å². The highest BCUT2D eigenvalue weighted by Crippen LogP contribution is 2.67. The summed E-state index contributed by atoms with van der Waals surface area (Å²) in [6, 6.07) is 7.06. The lowest BCUT2D eigenvalue weighted by Gasteiger charge is -2.58. The van der Waals surface area contributed by atoms with Crippen molar-refractivity contribution in [2.24, 2.45) is 52.3 Å². The summed E-state index contributed by atoms with van der Waals surface area (Å²) in [4.78, 5) is 12.4. The second kappa shape index (κ2) is 11.1. The molecule has 3 saturated carbocycles. The summed E-state index contributed by atoms with van der Waals surface area (Å²) < 4.78 is 0. The summed E-state index contributed by atoms with van der Waals surface area (Å²) in [5, 5.41) is 20.4. The monoisotopic (exact) mass is 532 g/mol. The van der Waals surface area contributed by atoms with Crippen LogP contribution < -0.4 is 0 Å². The molecular weight excluding hydrogens is 480 g/mol. The van der Waals surface area contributed by atoms with Crippen molar-refractivity contribution < 1.29 is 15.0 Å². The topological polar surface area (TPSA) is 57.5 Å². The first-order valence-corrected chi connectivity index (χ1v) is 16.0. The molecule has 39 heavy (non-hydrogen) atoms. The van der Waals surface area contributed by atoms with Crippen LogP contribution in [0.1, 0.15) is 111 Å². The van der Waals surface area contributed by atoms with Crippen LogP contribution in [0.5, 0.6) is 5.75 Å². The Balaban J connectivity index is 1.33. The molecule has 4 unspecified atom stereocenters. The maximum Gasteiger partial charge on any atom is 0.331 e. The first kappa shape index (κ1) is 28.5. The Kier molecular flexibility index (Phi) is 8.11. The molecular formula is C36H52O3. The van der Waals surface area contributed by atoms with Gasteiger partial charge in [-0.05, 0) is 116 Å². The minimum Gasteiger partial charge on any atom is -0.507 e. The second-order valence-electron chi connectivity index (χ2n) is 14.7. The fraction of sp³-hybridized carbons (Fsp3) is 0.694. The lowest BCUT2D eigenvalue weighted by atomic mass is 9.46. The van der Waals surface area contributed by atoms with Crippen molar-refractivity contribution in [1.29, 1.82) is 0 Å². The Morgan fingerprint density at radius 1 is 1.03 bits per heavy atom. The number of phenolic OH excluding ortho intramolecular Hbond substituents is 1. The average molecular weight is 533 g/mol. The van der Waals surface area contributed by atoms with Gasteiger partial charge in [0.15, 0.2) is 0 Å². The van der Waals surface area contributed by atoms with Crippen molar-refractivity contribution in [3.05, 3.63) is 47.1 Å². The number of benzene rings is 1. The lowest BCUT2D eigenvalue weighted by molar-refractivity contribution is -0.133. The van der Waals surface area contributed by atoms with E-state index in [1.54, 1.807) is 24.3 Å². The number of allylic oxidation sites excluding steroid dienone is 2. The zero-order valence-corrected chi connectivity index (χ0v) is 25.1. The Bertz CT molecular complexity index is 1110. The van der Waals surface area contributed by atoms with E-state index in [1.807, 2.05) is 6.07 Å². The molecule has 0 aromatic heterocycles. The van der Waals surface area contributed by atoms with Crippen LogP contribution in [0.3, 0.4) is 0 Å². The van der Waals surface area contributed by atoms with E-state index < -0.39 is 5.97 Å². The van der Waals surface area contributed by atoms with Crippen LogP contribution >= 0.6 is 0 Å². The summed E-state index contributed by atoms with van der Waals surface area (Å²) in [5.74, 6) is 4.19. The molecule has 4 aliphatic rings. The number of aromatic hydroxyl groups is 1. The summed E-state index contributed by atoms with van der Waals surface area (Å²) in [6.45, 7) is 12.4. The van der Waals surface area contributed by atoms with Gasteiger partial charge < -0.3 is 10.2 Å². The van der Waals surface area contributed by atoms with Gasteiger partial charge in [-0.2, -0.15) is 0 Å². The van der Waals surface area contributed by atoms with Crippen LogP contribution in [-0.2, 0) is 4.79 Å². The number of para-hydroxylation sites is 1. The van der Waals surface area contributed by atoms with Crippen LogP contribution in [0.25, 0.3) is 6.08 Å². The van der Waals surface area contributed by atoms with Crippen molar-refractivity contribution in [3.63, 3.8) is 0 Å². The maximum absolute atomic E-state index is 12.4. The molecule has 0 radical (unpaired) electrons.